The largest absolute Gasteiger partial charge is 0.497 e. The van der Waals surface area contributed by atoms with Crippen molar-refractivity contribution in [2.24, 2.45) is 0 Å². The number of rotatable bonds is 8. The van der Waals surface area contributed by atoms with Crippen LogP contribution >= 0.6 is 0 Å². The first-order valence-electron chi connectivity index (χ1n) is 8.38. The molecular formula is C20H25N3O3. The molecule has 0 unspecified atom stereocenters. The molecule has 138 valence electrons. The molecule has 0 saturated heterocycles. The Morgan fingerprint density at radius 2 is 1.73 bits per heavy atom. The van der Waals surface area contributed by atoms with Crippen LogP contribution in [0.3, 0.4) is 0 Å². The lowest BCUT2D eigenvalue weighted by Gasteiger charge is -2.21. The third kappa shape index (κ3) is 6.22. The molecule has 2 amide bonds. The summed E-state index contributed by atoms with van der Waals surface area (Å²) in [7, 11) is 5.08. The van der Waals surface area contributed by atoms with E-state index in [1.807, 2.05) is 42.3 Å². The van der Waals surface area contributed by atoms with Crippen molar-refractivity contribution >= 4 is 17.5 Å². The van der Waals surface area contributed by atoms with Crippen molar-refractivity contribution in [1.29, 1.82) is 0 Å². The molecule has 0 aliphatic heterocycles. The first-order valence-corrected chi connectivity index (χ1v) is 8.38. The third-order valence-corrected chi connectivity index (χ3v) is 3.86. The highest BCUT2D eigenvalue weighted by Gasteiger charge is 2.15. The molecule has 0 aliphatic rings. The molecule has 0 saturated carbocycles. The molecule has 26 heavy (non-hydrogen) atoms. The van der Waals surface area contributed by atoms with Crippen LogP contribution in [0.2, 0.25) is 0 Å². The van der Waals surface area contributed by atoms with E-state index in [0.717, 1.165) is 5.56 Å². The van der Waals surface area contributed by atoms with E-state index in [0.29, 0.717) is 18.0 Å². The van der Waals surface area contributed by atoms with Gasteiger partial charge in [0.1, 0.15) is 5.75 Å². The van der Waals surface area contributed by atoms with Crippen LogP contribution in [0.4, 0.5) is 5.69 Å². The average Bonchev–Trinajstić information content (AvgIpc) is 2.62. The Morgan fingerprint density at radius 1 is 1.00 bits per heavy atom. The summed E-state index contributed by atoms with van der Waals surface area (Å²) in [5.41, 5.74) is 1.78. The Labute approximate surface area is 154 Å². The maximum absolute atomic E-state index is 12.3. The van der Waals surface area contributed by atoms with E-state index in [1.54, 1.807) is 38.4 Å². The second-order valence-electron chi connectivity index (χ2n) is 6.19. The number of nitrogens with one attached hydrogen (secondary N) is 1. The number of methoxy groups -OCH3 is 1. The maximum Gasteiger partial charge on any atom is 0.243 e. The summed E-state index contributed by atoms with van der Waals surface area (Å²) < 4.78 is 5.13. The number of carbonyl (C=O) groups excluding carboxylic acids is 2. The topological polar surface area (TPSA) is 61.9 Å². The van der Waals surface area contributed by atoms with Crippen molar-refractivity contribution < 1.29 is 14.3 Å². The van der Waals surface area contributed by atoms with Crippen LogP contribution in [0.25, 0.3) is 0 Å². The smallest absolute Gasteiger partial charge is 0.243 e. The van der Waals surface area contributed by atoms with Crippen LogP contribution in [-0.4, -0.2) is 55.9 Å². The molecule has 0 spiro atoms. The minimum atomic E-state index is -0.250. The van der Waals surface area contributed by atoms with Gasteiger partial charge >= 0.3 is 0 Å². The lowest BCUT2D eigenvalue weighted by Crippen LogP contribution is -2.40. The Hall–Kier alpha value is -2.86. The fourth-order valence-corrected chi connectivity index (χ4v) is 2.51. The van der Waals surface area contributed by atoms with Gasteiger partial charge in [-0.15, -0.1) is 0 Å². The van der Waals surface area contributed by atoms with Gasteiger partial charge in [-0.25, -0.2) is 0 Å². The van der Waals surface area contributed by atoms with E-state index in [-0.39, 0.29) is 24.9 Å². The van der Waals surface area contributed by atoms with Crippen LogP contribution in [0.1, 0.15) is 5.56 Å². The Bertz CT molecular complexity index is 734. The summed E-state index contributed by atoms with van der Waals surface area (Å²) in [4.78, 5) is 27.8. The summed E-state index contributed by atoms with van der Waals surface area (Å²) in [6.45, 7) is 0.920. The van der Waals surface area contributed by atoms with Gasteiger partial charge < -0.3 is 15.0 Å². The predicted octanol–water partition coefficient (Wildman–Crippen LogP) is 2.22. The Kier molecular flexibility index (Phi) is 7.17. The molecule has 2 aromatic rings. The minimum absolute atomic E-state index is 0.00474. The Balaban J connectivity index is 1.80. The highest BCUT2D eigenvalue weighted by atomic mass is 16.5. The zero-order valence-electron chi connectivity index (χ0n) is 15.4. The van der Waals surface area contributed by atoms with Gasteiger partial charge in [0.05, 0.1) is 20.2 Å². The van der Waals surface area contributed by atoms with Crippen LogP contribution in [-0.2, 0) is 16.1 Å². The van der Waals surface area contributed by atoms with Crippen molar-refractivity contribution in [1.82, 2.24) is 9.80 Å². The fourth-order valence-electron chi connectivity index (χ4n) is 2.51. The van der Waals surface area contributed by atoms with Gasteiger partial charge in [-0.1, -0.05) is 36.4 Å². The van der Waals surface area contributed by atoms with E-state index in [4.69, 9.17) is 4.74 Å². The molecule has 2 aromatic carbocycles. The summed E-state index contributed by atoms with van der Waals surface area (Å²) in [6, 6.07) is 17.0. The summed E-state index contributed by atoms with van der Waals surface area (Å²) >= 11 is 0. The van der Waals surface area contributed by atoms with Crippen molar-refractivity contribution in [2.75, 3.05) is 39.6 Å². The first kappa shape index (κ1) is 19.5. The van der Waals surface area contributed by atoms with Gasteiger partial charge in [0.15, 0.2) is 0 Å². The quantitative estimate of drug-likeness (QED) is 0.789. The van der Waals surface area contributed by atoms with Gasteiger partial charge in [0.25, 0.3) is 0 Å². The SMILES string of the molecule is COc1cccc(NC(=O)CN(C)C(=O)CN(C)Cc2ccccc2)c1. The number of anilines is 1. The van der Waals surface area contributed by atoms with Crippen LogP contribution < -0.4 is 10.1 Å². The molecule has 1 N–H and O–H groups in total. The summed E-state index contributed by atoms with van der Waals surface area (Å²) in [5.74, 6) is 0.304. The maximum atomic E-state index is 12.3. The third-order valence-electron chi connectivity index (χ3n) is 3.86. The van der Waals surface area contributed by atoms with E-state index >= 15 is 0 Å². The number of amides is 2. The molecule has 0 heterocycles. The molecule has 0 radical (unpaired) electrons. The minimum Gasteiger partial charge on any atom is -0.497 e. The molecule has 0 aliphatic carbocycles. The standard InChI is InChI=1S/C20H25N3O3/c1-22(13-16-8-5-4-6-9-16)15-20(25)23(2)14-19(24)21-17-10-7-11-18(12-17)26-3/h4-12H,13-15H2,1-3H3,(H,21,24). The second kappa shape index (κ2) is 9.58. The van der Waals surface area contributed by atoms with Crippen molar-refractivity contribution in [3.63, 3.8) is 0 Å². The van der Waals surface area contributed by atoms with Gasteiger partial charge in [-0.05, 0) is 24.7 Å². The first-order chi connectivity index (χ1) is 12.5. The number of likely N-dealkylation sites (N-methyl/N-ethyl adjacent to an activating group) is 2. The molecule has 0 aromatic heterocycles. The molecule has 0 fully saturated rings. The van der Waals surface area contributed by atoms with Gasteiger partial charge in [-0.3, -0.25) is 14.5 Å². The predicted molar refractivity (Wildman–Crippen MR) is 102 cm³/mol. The number of benzene rings is 2. The lowest BCUT2D eigenvalue weighted by molar-refractivity contribution is -0.134. The van der Waals surface area contributed by atoms with E-state index in [1.165, 1.54) is 4.90 Å². The molecule has 6 heteroatoms. The van der Waals surface area contributed by atoms with Crippen molar-refractivity contribution in [2.45, 2.75) is 6.54 Å². The average molecular weight is 355 g/mol. The van der Waals surface area contributed by atoms with Crippen molar-refractivity contribution in [3.05, 3.63) is 60.2 Å². The molecule has 6 nitrogen and oxygen atoms in total. The summed E-state index contributed by atoms with van der Waals surface area (Å²) in [6.07, 6.45) is 0. The highest BCUT2D eigenvalue weighted by molar-refractivity contribution is 5.94. The second-order valence-corrected chi connectivity index (χ2v) is 6.19. The highest BCUT2D eigenvalue weighted by Crippen LogP contribution is 2.16. The fraction of sp³-hybridized carbons (Fsp3) is 0.300. The monoisotopic (exact) mass is 355 g/mol. The normalized spacial score (nSPS) is 10.5. The number of nitrogens with zero attached hydrogens (tertiary/aromatic N) is 2. The van der Waals surface area contributed by atoms with Crippen LogP contribution in [0, 0.1) is 0 Å². The Morgan fingerprint density at radius 3 is 2.42 bits per heavy atom. The van der Waals surface area contributed by atoms with Gasteiger partial charge in [0, 0.05) is 25.3 Å². The van der Waals surface area contributed by atoms with Crippen LogP contribution in [0.5, 0.6) is 5.75 Å². The van der Waals surface area contributed by atoms with E-state index in [9.17, 15) is 9.59 Å². The van der Waals surface area contributed by atoms with Gasteiger partial charge in [-0.2, -0.15) is 0 Å². The number of hydrogen-bond acceptors (Lipinski definition) is 4. The number of hydrogen-bond donors (Lipinski definition) is 1. The number of carbonyl (C=O) groups is 2. The summed E-state index contributed by atoms with van der Waals surface area (Å²) in [5, 5.41) is 2.77. The molecule has 2 rings (SSSR count). The van der Waals surface area contributed by atoms with E-state index < -0.39 is 0 Å². The number of ether oxygens (including phenoxy) is 1. The van der Waals surface area contributed by atoms with Gasteiger partial charge in [0.2, 0.25) is 11.8 Å². The zero-order valence-corrected chi connectivity index (χ0v) is 15.4. The zero-order chi connectivity index (χ0) is 18.9. The van der Waals surface area contributed by atoms with E-state index in [2.05, 4.69) is 5.32 Å². The van der Waals surface area contributed by atoms with Crippen LogP contribution in [0.15, 0.2) is 54.6 Å². The van der Waals surface area contributed by atoms with Crippen molar-refractivity contribution in [3.8, 4) is 5.75 Å². The molecule has 0 atom stereocenters. The lowest BCUT2D eigenvalue weighted by atomic mass is 10.2. The molecule has 0 bridgehead atoms. The molecular weight excluding hydrogens is 330 g/mol.